The number of fused-ring (bicyclic) bond motifs is 1. The van der Waals surface area contributed by atoms with Crippen LogP contribution in [-0.2, 0) is 0 Å². The minimum atomic E-state index is -2.42. The van der Waals surface area contributed by atoms with Gasteiger partial charge in [-0.15, -0.1) is 11.3 Å². The van der Waals surface area contributed by atoms with E-state index in [0.29, 0.717) is 21.7 Å². The second-order valence-electron chi connectivity index (χ2n) is 2.18. The van der Waals surface area contributed by atoms with Crippen molar-refractivity contribution in [2.45, 2.75) is 10.1 Å². The van der Waals surface area contributed by atoms with Crippen LogP contribution < -0.4 is 0 Å². The first-order valence-corrected chi connectivity index (χ1v) is 5.12. The van der Waals surface area contributed by atoms with Crippen LogP contribution in [-0.4, -0.2) is 15.7 Å². The van der Waals surface area contributed by atoms with Gasteiger partial charge in [-0.1, -0.05) is 0 Å². The zero-order valence-electron chi connectivity index (χ0n) is 6.28. The molecule has 2 nitrogen and oxygen atoms in total. The molecule has 0 unspecified atom stereocenters. The van der Waals surface area contributed by atoms with Gasteiger partial charge in [-0.3, -0.25) is 0 Å². The Balaban J connectivity index is 2.38. The third-order valence-electron chi connectivity index (χ3n) is 1.34. The van der Waals surface area contributed by atoms with Crippen molar-refractivity contribution in [2.24, 2.45) is 0 Å². The molecule has 0 bridgehead atoms. The van der Waals surface area contributed by atoms with E-state index >= 15 is 0 Å². The summed E-state index contributed by atoms with van der Waals surface area (Å²) in [5.74, 6) is -2.42. The number of rotatable bonds is 2. The summed E-state index contributed by atoms with van der Waals surface area (Å²) in [4.78, 5) is 7.89. The van der Waals surface area contributed by atoms with Gasteiger partial charge in [-0.05, 0) is 23.9 Å². The third kappa shape index (κ3) is 1.94. The Hall–Kier alpha value is -0.750. The molecular formula is C7H4F2N2S2. The van der Waals surface area contributed by atoms with Crippen LogP contribution in [0.25, 0.3) is 10.3 Å². The van der Waals surface area contributed by atoms with E-state index in [-0.39, 0.29) is 0 Å². The number of halogens is 2. The lowest BCUT2D eigenvalue weighted by Gasteiger charge is -1.89. The van der Waals surface area contributed by atoms with E-state index < -0.39 is 5.76 Å². The Morgan fingerprint density at radius 3 is 3.00 bits per heavy atom. The van der Waals surface area contributed by atoms with Gasteiger partial charge in [0.05, 0.1) is 4.70 Å². The standard InChI is InChI=1S/C7H4F2N2S2/c8-6(9)13-7-11-5-4(12-7)2-1-3-10-5/h1-3,6H. The van der Waals surface area contributed by atoms with E-state index in [1.54, 1.807) is 12.3 Å². The summed E-state index contributed by atoms with van der Waals surface area (Å²) < 4.78 is 25.1. The normalized spacial score (nSPS) is 11.3. The molecule has 0 amide bonds. The molecule has 0 fully saturated rings. The number of thioether (sulfide) groups is 1. The summed E-state index contributed by atoms with van der Waals surface area (Å²) in [5.41, 5.74) is 0.538. The molecule has 0 aliphatic carbocycles. The lowest BCUT2D eigenvalue weighted by molar-refractivity contribution is 0.252. The number of alkyl halides is 2. The molecular weight excluding hydrogens is 214 g/mol. The Labute approximate surface area is 81.0 Å². The number of nitrogens with zero attached hydrogens (tertiary/aromatic N) is 2. The highest BCUT2D eigenvalue weighted by atomic mass is 32.2. The van der Waals surface area contributed by atoms with Gasteiger partial charge in [-0.2, -0.15) is 8.78 Å². The predicted molar refractivity (Wildman–Crippen MR) is 49.3 cm³/mol. The van der Waals surface area contributed by atoms with Crippen LogP contribution in [0.1, 0.15) is 0 Å². The Bertz CT molecular complexity index is 383. The number of pyridine rings is 1. The molecule has 2 rings (SSSR count). The molecule has 68 valence electrons. The smallest absolute Gasteiger partial charge is 0.236 e. The molecule has 2 heterocycles. The van der Waals surface area contributed by atoms with Crippen LogP contribution in [0.5, 0.6) is 0 Å². The molecule has 0 radical (unpaired) electrons. The average molecular weight is 218 g/mol. The molecule has 13 heavy (non-hydrogen) atoms. The van der Waals surface area contributed by atoms with Gasteiger partial charge >= 0.3 is 0 Å². The van der Waals surface area contributed by atoms with Gasteiger partial charge in [0.15, 0.2) is 9.99 Å². The molecule has 0 saturated carbocycles. The van der Waals surface area contributed by atoms with Crippen molar-refractivity contribution in [1.82, 2.24) is 9.97 Å². The molecule has 0 aliphatic rings. The second-order valence-corrected chi connectivity index (χ2v) is 4.45. The third-order valence-corrected chi connectivity index (χ3v) is 3.15. The fourth-order valence-electron chi connectivity index (χ4n) is 0.876. The largest absolute Gasteiger partial charge is 0.291 e. The quantitative estimate of drug-likeness (QED) is 0.725. The number of hydrogen-bond donors (Lipinski definition) is 0. The summed E-state index contributed by atoms with van der Waals surface area (Å²) >= 11 is 1.69. The number of hydrogen-bond acceptors (Lipinski definition) is 4. The highest BCUT2D eigenvalue weighted by molar-refractivity contribution is 8.01. The average Bonchev–Trinajstić information content (AvgIpc) is 2.44. The van der Waals surface area contributed by atoms with Crippen molar-refractivity contribution in [3.8, 4) is 0 Å². The molecule has 2 aromatic heterocycles. The van der Waals surface area contributed by atoms with Crippen LogP contribution >= 0.6 is 23.1 Å². The fourth-order valence-corrected chi connectivity index (χ4v) is 2.50. The minimum Gasteiger partial charge on any atom is -0.236 e. The molecule has 6 heteroatoms. The van der Waals surface area contributed by atoms with Gasteiger partial charge < -0.3 is 0 Å². The van der Waals surface area contributed by atoms with Crippen LogP contribution in [0.15, 0.2) is 22.7 Å². The molecule has 0 N–H and O–H groups in total. The summed E-state index contributed by atoms with van der Waals surface area (Å²) in [5, 5.41) is 0. The number of aromatic nitrogens is 2. The van der Waals surface area contributed by atoms with Crippen LogP contribution in [0.4, 0.5) is 8.78 Å². The SMILES string of the molecule is FC(F)Sc1nc2ncccc2s1. The van der Waals surface area contributed by atoms with E-state index in [9.17, 15) is 8.78 Å². The zero-order chi connectivity index (χ0) is 9.26. The second kappa shape index (κ2) is 3.55. The highest BCUT2D eigenvalue weighted by Crippen LogP contribution is 2.31. The molecule has 0 saturated heterocycles. The predicted octanol–water partition coefficient (Wildman–Crippen LogP) is 3.01. The van der Waals surface area contributed by atoms with E-state index in [4.69, 9.17) is 0 Å². The first-order valence-electron chi connectivity index (χ1n) is 3.42. The lowest BCUT2D eigenvalue weighted by atomic mass is 10.5. The van der Waals surface area contributed by atoms with Crippen molar-refractivity contribution in [3.05, 3.63) is 18.3 Å². The summed E-state index contributed by atoms with van der Waals surface area (Å²) in [6, 6.07) is 3.58. The Morgan fingerprint density at radius 1 is 1.46 bits per heavy atom. The molecule has 0 spiro atoms. The van der Waals surface area contributed by atoms with Gasteiger partial charge in [0.2, 0.25) is 0 Å². The van der Waals surface area contributed by atoms with E-state index in [1.807, 2.05) is 6.07 Å². The summed E-state index contributed by atoms with van der Waals surface area (Å²) in [7, 11) is 0. The topological polar surface area (TPSA) is 25.8 Å². The minimum absolute atomic E-state index is 0.365. The van der Waals surface area contributed by atoms with Crippen molar-refractivity contribution in [2.75, 3.05) is 0 Å². The van der Waals surface area contributed by atoms with Crippen molar-refractivity contribution in [1.29, 1.82) is 0 Å². The zero-order valence-corrected chi connectivity index (χ0v) is 7.91. The van der Waals surface area contributed by atoms with Gasteiger partial charge in [0, 0.05) is 6.20 Å². The van der Waals surface area contributed by atoms with Crippen molar-refractivity contribution in [3.63, 3.8) is 0 Å². The van der Waals surface area contributed by atoms with Crippen molar-refractivity contribution < 1.29 is 8.78 Å². The lowest BCUT2D eigenvalue weighted by Crippen LogP contribution is -1.79. The van der Waals surface area contributed by atoms with Gasteiger partial charge in [0.25, 0.3) is 5.76 Å². The molecule has 0 aliphatic heterocycles. The van der Waals surface area contributed by atoms with Gasteiger partial charge in [0.1, 0.15) is 0 Å². The maximum Gasteiger partial charge on any atom is 0.291 e. The Kier molecular flexibility index (Phi) is 2.41. The first-order chi connectivity index (χ1) is 6.25. The van der Waals surface area contributed by atoms with Crippen LogP contribution in [0.2, 0.25) is 0 Å². The van der Waals surface area contributed by atoms with Crippen LogP contribution in [0.3, 0.4) is 0 Å². The number of thiazole rings is 1. The molecule has 0 atom stereocenters. The van der Waals surface area contributed by atoms with Gasteiger partial charge in [-0.25, -0.2) is 9.97 Å². The van der Waals surface area contributed by atoms with Crippen molar-refractivity contribution >= 4 is 33.4 Å². The summed E-state index contributed by atoms with van der Waals surface area (Å²) in [6.45, 7) is 0. The van der Waals surface area contributed by atoms with Crippen LogP contribution in [0, 0.1) is 0 Å². The first kappa shape index (κ1) is 8.83. The van der Waals surface area contributed by atoms with E-state index in [1.165, 1.54) is 11.3 Å². The molecule has 2 aromatic rings. The van der Waals surface area contributed by atoms with E-state index in [0.717, 1.165) is 4.70 Å². The maximum absolute atomic E-state index is 12.0. The molecule has 0 aromatic carbocycles. The van der Waals surface area contributed by atoms with E-state index in [2.05, 4.69) is 9.97 Å². The summed E-state index contributed by atoms with van der Waals surface area (Å²) in [6.07, 6.45) is 1.60. The maximum atomic E-state index is 12.0. The monoisotopic (exact) mass is 218 g/mol. The highest BCUT2D eigenvalue weighted by Gasteiger charge is 2.10. The Morgan fingerprint density at radius 2 is 2.31 bits per heavy atom. The fraction of sp³-hybridized carbons (Fsp3) is 0.143.